The predicted octanol–water partition coefficient (Wildman–Crippen LogP) is 3.53. The standard InChI is InChI=1S/C18H24FNO2/c1-11(15-10-13-7-8-14(15)9-13)20-18(21)12(2)22-17-6-4-3-5-16(17)19/h3-6,11-15H,7-10H2,1-2H3,(H,20,21). The van der Waals surface area contributed by atoms with Crippen molar-refractivity contribution in [2.45, 2.75) is 51.7 Å². The fraction of sp³-hybridized carbons (Fsp3) is 0.611. The maximum atomic E-state index is 13.6. The first-order valence-electron chi connectivity index (χ1n) is 8.26. The second kappa shape index (κ2) is 6.27. The first-order chi connectivity index (χ1) is 10.5. The van der Waals surface area contributed by atoms with Crippen LogP contribution in [-0.4, -0.2) is 18.1 Å². The summed E-state index contributed by atoms with van der Waals surface area (Å²) in [6, 6.07) is 6.33. The molecule has 0 aromatic heterocycles. The molecule has 1 amide bonds. The lowest BCUT2D eigenvalue weighted by molar-refractivity contribution is -0.128. The number of nitrogens with one attached hydrogen (secondary N) is 1. The van der Waals surface area contributed by atoms with Gasteiger partial charge in [-0.05, 0) is 63.0 Å². The fourth-order valence-electron chi connectivity index (χ4n) is 4.14. The Morgan fingerprint density at radius 2 is 2.05 bits per heavy atom. The van der Waals surface area contributed by atoms with Crippen molar-refractivity contribution in [3.8, 4) is 5.75 Å². The van der Waals surface area contributed by atoms with Gasteiger partial charge in [0.2, 0.25) is 0 Å². The van der Waals surface area contributed by atoms with Crippen molar-refractivity contribution in [3.05, 3.63) is 30.1 Å². The van der Waals surface area contributed by atoms with Gasteiger partial charge in [-0.1, -0.05) is 18.6 Å². The zero-order valence-electron chi connectivity index (χ0n) is 13.2. The average molecular weight is 305 g/mol. The third-order valence-corrected chi connectivity index (χ3v) is 5.31. The largest absolute Gasteiger partial charge is 0.478 e. The summed E-state index contributed by atoms with van der Waals surface area (Å²) >= 11 is 0. The monoisotopic (exact) mass is 305 g/mol. The van der Waals surface area contributed by atoms with Crippen LogP contribution in [-0.2, 0) is 4.79 Å². The van der Waals surface area contributed by atoms with Gasteiger partial charge in [0.1, 0.15) is 0 Å². The minimum absolute atomic E-state index is 0.123. The van der Waals surface area contributed by atoms with Crippen molar-refractivity contribution >= 4 is 5.91 Å². The van der Waals surface area contributed by atoms with E-state index in [1.165, 1.54) is 31.7 Å². The number of benzene rings is 1. The molecular weight excluding hydrogens is 281 g/mol. The van der Waals surface area contributed by atoms with Gasteiger partial charge in [-0.2, -0.15) is 0 Å². The Morgan fingerprint density at radius 3 is 2.68 bits per heavy atom. The molecule has 0 saturated heterocycles. The van der Waals surface area contributed by atoms with Gasteiger partial charge >= 0.3 is 0 Å². The summed E-state index contributed by atoms with van der Waals surface area (Å²) in [6.07, 6.45) is 4.52. The van der Waals surface area contributed by atoms with Crippen molar-refractivity contribution in [2.75, 3.05) is 0 Å². The molecule has 120 valence electrons. The summed E-state index contributed by atoms with van der Waals surface area (Å²) in [5.74, 6) is 1.73. The van der Waals surface area contributed by atoms with Crippen molar-refractivity contribution in [1.82, 2.24) is 5.32 Å². The molecule has 3 nitrogen and oxygen atoms in total. The van der Waals surface area contributed by atoms with E-state index in [0.717, 1.165) is 11.8 Å². The molecule has 2 bridgehead atoms. The van der Waals surface area contributed by atoms with E-state index in [2.05, 4.69) is 12.2 Å². The molecule has 0 spiro atoms. The molecule has 0 aliphatic heterocycles. The van der Waals surface area contributed by atoms with Crippen molar-refractivity contribution < 1.29 is 13.9 Å². The first-order valence-corrected chi connectivity index (χ1v) is 8.26. The molecule has 1 N–H and O–H groups in total. The minimum Gasteiger partial charge on any atom is -0.478 e. The highest BCUT2D eigenvalue weighted by molar-refractivity contribution is 5.81. The number of ether oxygens (including phenoxy) is 1. The maximum Gasteiger partial charge on any atom is 0.260 e. The SMILES string of the molecule is CC(Oc1ccccc1F)C(=O)NC(C)C1CC2CCC1C2. The molecule has 2 aliphatic carbocycles. The van der Waals surface area contributed by atoms with Gasteiger partial charge in [0, 0.05) is 6.04 Å². The van der Waals surface area contributed by atoms with Crippen LogP contribution in [0.5, 0.6) is 5.75 Å². The van der Waals surface area contributed by atoms with Gasteiger partial charge in [-0.3, -0.25) is 4.79 Å². The molecule has 2 aliphatic rings. The van der Waals surface area contributed by atoms with E-state index >= 15 is 0 Å². The lowest BCUT2D eigenvalue weighted by Gasteiger charge is -2.29. The number of rotatable bonds is 5. The van der Waals surface area contributed by atoms with Gasteiger partial charge in [-0.25, -0.2) is 4.39 Å². The smallest absolute Gasteiger partial charge is 0.260 e. The topological polar surface area (TPSA) is 38.3 Å². The van der Waals surface area contributed by atoms with Crippen LogP contribution in [0, 0.1) is 23.6 Å². The number of carbonyl (C=O) groups is 1. The lowest BCUT2D eigenvalue weighted by Crippen LogP contribution is -2.45. The van der Waals surface area contributed by atoms with Crippen LogP contribution in [0.25, 0.3) is 0 Å². The van der Waals surface area contributed by atoms with Gasteiger partial charge in [-0.15, -0.1) is 0 Å². The van der Waals surface area contributed by atoms with Gasteiger partial charge in [0.05, 0.1) is 0 Å². The van der Waals surface area contributed by atoms with Crippen LogP contribution in [0.2, 0.25) is 0 Å². The molecule has 3 rings (SSSR count). The highest BCUT2D eigenvalue weighted by Gasteiger charge is 2.42. The van der Waals surface area contributed by atoms with E-state index in [4.69, 9.17) is 4.74 Å². The Bertz CT molecular complexity index is 548. The fourth-order valence-corrected chi connectivity index (χ4v) is 4.14. The molecule has 5 atom stereocenters. The Hall–Kier alpha value is -1.58. The molecule has 0 radical (unpaired) electrons. The van der Waals surface area contributed by atoms with E-state index < -0.39 is 11.9 Å². The summed E-state index contributed by atoms with van der Waals surface area (Å²) in [5, 5.41) is 3.06. The highest BCUT2D eigenvalue weighted by Crippen LogP contribution is 2.49. The summed E-state index contributed by atoms with van der Waals surface area (Å²) in [7, 11) is 0. The highest BCUT2D eigenvalue weighted by atomic mass is 19.1. The number of hydrogen-bond donors (Lipinski definition) is 1. The van der Waals surface area contributed by atoms with Gasteiger partial charge < -0.3 is 10.1 Å². The van der Waals surface area contributed by atoms with Crippen LogP contribution in [0.3, 0.4) is 0 Å². The normalized spacial score (nSPS) is 29.1. The molecule has 4 heteroatoms. The number of carbonyl (C=O) groups excluding carboxylic acids is 1. The first kappa shape index (κ1) is 15.3. The maximum absolute atomic E-state index is 13.6. The van der Waals surface area contributed by atoms with E-state index in [-0.39, 0.29) is 17.7 Å². The van der Waals surface area contributed by atoms with Crippen LogP contribution in [0.15, 0.2) is 24.3 Å². The number of hydrogen-bond acceptors (Lipinski definition) is 2. The molecule has 2 saturated carbocycles. The lowest BCUT2D eigenvalue weighted by atomic mass is 9.84. The molecule has 22 heavy (non-hydrogen) atoms. The van der Waals surface area contributed by atoms with E-state index in [1.54, 1.807) is 25.1 Å². The Morgan fingerprint density at radius 1 is 1.27 bits per heavy atom. The van der Waals surface area contributed by atoms with Crippen LogP contribution < -0.4 is 10.1 Å². The van der Waals surface area contributed by atoms with Crippen molar-refractivity contribution in [2.24, 2.45) is 17.8 Å². The zero-order valence-corrected chi connectivity index (χ0v) is 13.2. The number of amides is 1. The van der Waals surface area contributed by atoms with Crippen LogP contribution in [0.1, 0.15) is 39.5 Å². The van der Waals surface area contributed by atoms with Crippen molar-refractivity contribution in [3.63, 3.8) is 0 Å². The Labute approximate surface area is 131 Å². The van der Waals surface area contributed by atoms with Crippen LogP contribution >= 0.6 is 0 Å². The Kier molecular flexibility index (Phi) is 4.37. The average Bonchev–Trinajstić information content (AvgIpc) is 3.12. The van der Waals surface area contributed by atoms with E-state index in [1.807, 2.05) is 0 Å². The van der Waals surface area contributed by atoms with E-state index in [9.17, 15) is 9.18 Å². The number of halogens is 1. The molecular formula is C18H24FNO2. The second-order valence-electron chi connectivity index (χ2n) is 6.83. The Balaban J connectivity index is 1.54. The molecule has 1 aromatic carbocycles. The van der Waals surface area contributed by atoms with Crippen LogP contribution in [0.4, 0.5) is 4.39 Å². The second-order valence-corrected chi connectivity index (χ2v) is 6.83. The third kappa shape index (κ3) is 3.11. The molecule has 1 aromatic rings. The van der Waals surface area contributed by atoms with E-state index in [0.29, 0.717) is 5.92 Å². The van der Waals surface area contributed by atoms with Gasteiger partial charge in [0.25, 0.3) is 5.91 Å². The quantitative estimate of drug-likeness (QED) is 0.903. The summed E-state index contributed by atoms with van der Waals surface area (Å²) in [4.78, 5) is 12.3. The molecule has 2 fully saturated rings. The molecule has 5 unspecified atom stereocenters. The third-order valence-electron chi connectivity index (χ3n) is 5.31. The molecule has 0 heterocycles. The minimum atomic E-state index is -0.696. The number of fused-ring (bicyclic) bond motifs is 2. The van der Waals surface area contributed by atoms with Gasteiger partial charge in [0.15, 0.2) is 17.7 Å². The summed E-state index contributed by atoms with van der Waals surface area (Å²) in [6.45, 7) is 3.74. The zero-order chi connectivity index (χ0) is 15.7. The number of para-hydroxylation sites is 1. The van der Waals surface area contributed by atoms with Crippen molar-refractivity contribution in [1.29, 1.82) is 0 Å². The summed E-state index contributed by atoms with van der Waals surface area (Å²) < 4.78 is 19.0. The predicted molar refractivity (Wildman–Crippen MR) is 83.0 cm³/mol. The summed E-state index contributed by atoms with van der Waals surface area (Å²) in [5.41, 5.74) is 0.